The highest BCUT2D eigenvalue weighted by atomic mass is 16.3. The molecular formula is C19H20N2O4. The first kappa shape index (κ1) is 16.8. The zero-order valence-corrected chi connectivity index (χ0v) is 13.8. The highest BCUT2D eigenvalue weighted by Crippen LogP contribution is 2.24. The van der Waals surface area contributed by atoms with Gasteiger partial charge in [-0.15, -0.1) is 0 Å². The van der Waals surface area contributed by atoms with Gasteiger partial charge in [-0.3, -0.25) is 9.59 Å². The molecule has 0 aliphatic carbocycles. The number of furan rings is 1. The Morgan fingerprint density at radius 3 is 2.64 bits per heavy atom. The van der Waals surface area contributed by atoms with Gasteiger partial charge in [-0.1, -0.05) is 18.2 Å². The Hall–Kier alpha value is -3.02. The fraction of sp³-hybridized carbons (Fsp3) is 0.263. The van der Waals surface area contributed by atoms with Gasteiger partial charge in [0.2, 0.25) is 5.91 Å². The second-order valence-electron chi connectivity index (χ2n) is 5.85. The summed E-state index contributed by atoms with van der Waals surface area (Å²) in [4.78, 5) is 25.8. The molecule has 0 spiro atoms. The molecule has 1 aromatic heterocycles. The summed E-state index contributed by atoms with van der Waals surface area (Å²) in [5, 5.41) is 12.0. The lowest BCUT2D eigenvalue weighted by atomic mass is 9.99. The van der Waals surface area contributed by atoms with Crippen LogP contribution in [0.1, 0.15) is 29.0 Å². The van der Waals surface area contributed by atoms with E-state index in [1.807, 2.05) is 18.2 Å². The monoisotopic (exact) mass is 340 g/mol. The number of amides is 2. The minimum Gasteiger partial charge on any atom is -0.508 e. The molecule has 2 amide bonds. The van der Waals surface area contributed by atoms with E-state index in [4.69, 9.17) is 4.42 Å². The van der Waals surface area contributed by atoms with Gasteiger partial charge in [0.25, 0.3) is 5.91 Å². The summed E-state index contributed by atoms with van der Waals surface area (Å²) < 4.78 is 5.00. The quantitative estimate of drug-likeness (QED) is 0.876. The summed E-state index contributed by atoms with van der Waals surface area (Å²) in [6.07, 6.45) is 4.51. The number of aromatic hydroxyl groups is 1. The van der Waals surface area contributed by atoms with E-state index in [0.717, 1.165) is 12.0 Å². The van der Waals surface area contributed by atoms with Crippen LogP contribution in [0.15, 0.2) is 53.2 Å². The van der Waals surface area contributed by atoms with Gasteiger partial charge in [0, 0.05) is 26.1 Å². The van der Waals surface area contributed by atoms with Crippen molar-refractivity contribution >= 4 is 17.4 Å². The number of carbonyl (C=O) groups is 2. The van der Waals surface area contributed by atoms with Gasteiger partial charge in [-0.25, -0.2) is 0 Å². The molecule has 6 heteroatoms. The molecule has 0 fully saturated rings. The van der Waals surface area contributed by atoms with Crippen LogP contribution in [0.3, 0.4) is 0 Å². The fourth-order valence-electron chi connectivity index (χ4n) is 2.77. The smallest absolute Gasteiger partial charge is 0.286 e. The number of benzene rings is 1. The molecule has 2 heterocycles. The van der Waals surface area contributed by atoms with E-state index in [0.29, 0.717) is 13.1 Å². The Balaban J connectivity index is 1.46. The van der Waals surface area contributed by atoms with Crippen molar-refractivity contribution in [3.05, 3.63) is 60.1 Å². The number of carbonyl (C=O) groups excluding carboxylic acids is 2. The highest BCUT2D eigenvalue weighted by molar-refractivity contribution is 5.91. The molecule has 1 aromatic carbocycles. The van der Waals surface area contributed by atoms with Crippen molar-refractivity contribution in [3.8, 4) is 5.75 Å². The van der Waals surface area contributed by atoms with Crippen LogP contribution in [0.2, 0.25) is 0 Å². The zero-order valence-electron chi connectivity index (χ0n) is 13.8. The lowest BCUT2D eigenvalue weighted by molar-refractivity contribution is -0.130. The topological polar surface area (TPSA) is 82.8 Å². The first-order chi connectivity index (χ1) is 12.1. The molecule has 0 unspecified atom stereocenters. The Bertz CT molecular complexity index is 763. The molecule has 2 N–H and O–H groups in total. The van der Waals surface area contributed by atoms with Crippen LogP contribution in [0.5, 0.6) is 5.75 Å². The van der Waals surface area contributed by atoms with Crippen LogP contribution >= 0.6 is 0 Å². The predicted molar refractivity (Wildman–Crippen MR) is 92.9 cm³/mol. The number of hydrogen-bond acceptors (Lipinski definition) is 4. The standard InChI is InChI=1S/C19H20N2O4/c22-16-5-3-14(4-6-16)15-8-11-21(12-9-15)18(23)7-10-20-19(24)17-2-1-13-25-17/h1-6,8,13,22H,7,9-12H2,(H,20,24). The van der Waals surface area contributed by atoms with Crippen LogP contribution in [0, 0.1) is 0 Å². The van der Waals surface area contributed by atoms with Crippen molar-refractivity contribution in [2.45, 2.75) is 12.8 Å². The third-order valence-corrected chi connectivity index (χ3v) is 4.17. The van der Waals surface area contributed by atoms with Crippen LogP contribution in [0.4, 0.5) is 0 Å². The summed E-state index contributed by atoms with van der Waals surface area (Å²) in [6, 6.07) is 10.3. The Kier molecular flexibility index (Phi) is 5.18. The van der Waals surface area contributed by atoms with Gasteiger partial charge >= 0.3 is 0 Å². The van der Waals surface area contributed by atoms with Gasteiger partial charge in [0.1, 0.15) is 5.75 Å². The highest BCUT2D eigenvalue weighted by Gasteiger charge is 2.18. The number of hydrogen-bond donors (Lipinski definition) is 2. The summed E-state index contributed by atoms with van der Waals surface area (Å²) in [5.41, 5.74) is 2.24. The molecule has 130 valence electrons. The summed E-state index contributed by atoms with van der Waals surface area (Å²) >= 11 is 0. The number of rotatable bonds is 5. The molecule has 25 heavy (non-hydrogen) atoms. The average molecular weight is 340 g/mol. The molecule has 1 aliphatic rings. The van der Waals surface area contributed by atoms with Crippen LogP contribution in [0.25, 0.3) is 5.57 Å². The van der Waals surface area contributed by atoms with E-state index < -0.39 is 0 Å². The number of nitrogens with one attached hydrogen (secondary N) is 1. The predicted octanol–water partition coefficient (Wildman–Crippen LogP) is 2.42. The number of phenolic OH excluding ortho intramolecular Hbond substituents is 1. The van der Waals surface area contributed by atoms with Gasteiger partial charge in [0.15, 0.2) is 5.76 Å². The molecule has 6 nitrogen and oxygen atoms in total. The summed E-state index contributed by atoms with van der Waals surface area (Å²) in [7, 11) is 0. The lowest BCUT2D eigenvalue weighted by Crippen LogP contribution is -2.37. The number of phenols is 1. The molecule has 0 bridgehead atoms. The Morgan fingerprint density at radius 2 is 2.00 bits per heavy atom. The van der Waals surface area contributed by atoms with Crippen LogP contribution < -0.4 is 5.32 Å². The van der Waals surface area contributed by atoms with Crippen molar-refractivity contribution in [2.24, 2.45) is 0 Å². The van der Waals surface area contributed by atoms with Crippen molar-refractivity contribution in [2.75, 3.05) is 19.6 Å². The normalized spacial score (nSPS) is 14.1. The fourth-order valence-corrected chi connectivity index (χ4v) is 2.77. The molecule has 0 atom stereocenters. The minimum atomic E-state index is -0.314. The summed E-state index contributed by atoms with van der Waals surface area (Å²) in [6.45, 7) is 1.49. The van der Waals surface area contributed by atoms with E-state index in [2.05, 4.69) is 5.32 Å². The van der Waals surface area contributed by atoms with Gasteiger partial charge in [-0.05, 0) is 41.8 Å². The third-order valence-electron chi connectivity index (χ3n) is 4.17. The largest absolute Gasteiger partial charge is 0.508 e. The van der Waals surface area contributed by atoms with E-state index in [9.17, 15) is 14.7 Å². The molecule has 2 aromatic rings. The van der Waals surface area contributed by atoms with Crippen LogP contribution in [-0.2, 0) is 4.79 Å². The van der Waals surface area contributed by atoms with Gasteiger partial charge in [-0.2, -0.15) is 0 Å². The maximum atomic E-state index is 12.2. The van der Waals surface area contributed by atoms with Crippen LogP contribution in [-0.4, -0.2) is 41.5 Å². The maximum absolute atomic E-state index is 12.2. The van der Waals surface area contributed by atoms with E-state index in [-0.39, 0.29) is 36.3 Å². The second-order valence-corrected chi connectivity index (χ2v) is 5.85. The van der Waals surface area contributed by atoms with Gasteiger partial charge in [0.05, 0.1) is 6.26 Å². The zero-order chi connectivity index (χ0) is 17.6. The van der Waals surface area contributed by atoms with Crippen molar-refractivity contribution in [1.82, 2.24) is 10.2 Å². The Morgan fingerprint density at radius 1 is 1.20 bits per heavy atom. The van der Waals surface area contributed by atoms with E-state index in [1.165, 1.54) is 11.8 Å². The second kappa shape index (κ2) is 7.70. The minimum absolute atomic E-state index is 0.0146. The molecule has 3 rings (SSSR count). The average Bonchev–Trinajstić information content (AvgIpc) is 3.17. The van der Waals surface area contributed by atoms with E-state index >= 15 is 0 Å². The van der Waals surface area contributed by atoms with Crippen molar-refractivity contribution < 1.29 is 19.1 Å². The van der Waals surface area contributed by atoms with Crippen molar-refractivity contribution in [3.63, 3.8) is 0 Å². The molecule has 0 radical (unpaired) electrons. The SMILES string of the molecule is O=C(NCCC(=O)N1CC=C(c2ccc(O)cc2)CC1)c1ccco1. The summed E-state index contributed by atoms with van der Waals surface area (Å²) in [5.74, 6) is 0.187. The number of nitrogens with zero attached hydrogens (tertiary/aromatic N) is 1. The van der Waals surface area contributed by atoms with Gasteiger partial charge < -0.3 is 19.7 Å². The first-order valence-electron chi connectivity index (χ1n) is 8.21. The third kappa shape index (κ3) is 4.29. The molecule has 1 aliphatic heterocycles. The molecular weight excluding hydrogens is 320 g/mol. The Labute approximate surface area is 145 Å². The maximum Gasteiger partial charge on any atom is 0.286 e. The molecule has 0 saturated heterocycles. The first-order valence-corrected chi connectivity index (χ1v) is 8.21. The van der Waals surface area contributed by atoms with Crippen molar-refractivity contribution in [1.29, 1.82) is 0 Å². The lowest BCUT2D eigenvalue weighted by Gasteiger charge is -2.26. The van der Waals surface area contributed by atoms with E-state index in [1.54, 1.807) is 29.2 Å². The molecule has 0 saturated carbocycles.